The van der Waals surface area contributed by atoms with Gasteiger partial charge in [0, 0.05) is 52.1 Å². The van der Waals surface area contributed by atoms with Crippen molar-refractivity contribution in [1.29, 1.82) is 0 Å². The Hall–Kier alpha value is -3.38. The Morgan fingerprint density at radius 3 is 1.04 bits per heavy atom. The number of aryl methyl sites for hydroxylation is 4. The highest BCUT2D eigenvalue weighted by Gasteiger charge is 2.50. The number of thiophene rings is 6. The second-order valence-electron chi connectivity index (χ2n) is 23.2. The highest BCUT2D eigenvalue weighted by Crippen LogP contribution is 2.54. The van der Waals surface area contributed by atoms with E-state index in [1.807, 2.05) is 68.0 Å². The van der Waals surface area contributed by atoms with Gasteiger partial charge in [0.15, 0.2) is 0 Å². The second-order valence-corrected chi connectivity index (χ2v) is 29.3. The molecule has 0 aliphatic carbocycles. The fourth-order valence-electron chi connectivity index (χ4n) is 12.1. The highest BCUT2D eigenvalue weighted by atomic mass is 32.1. The smallest absolute Gasteiger partial charge is 0.261 e. The van der Waals surface area contributed by atoms with E-state index in [-0.39, 0.29) is 11.8 Å². The van der Waals surface area contributed by atoms with E-state index in [9.17, 15) is 0 Å². The molecule has 10 heteroatoms. The largest absolute Gasteiger partial charge is 0.306 e. The van der Waals surface area contributed by atoms with Gasteiger partial charge in [-0.05, 0) is 158 Å². The molecule has 2 atom stereocenters. The van der Waals surface area contributed by atoms with E-state index in [4.69, 9.17) is 0 Å². The zero-order valence-corrected chi connectivity index (χ0v) is 55.2. The monoisotopic (exact) mass is 1190 g/mol. The van der Waals surface area contributed by atoms with Crippen LogP contribution in [0.4, 0.5) is 0 Å². The van der Waals surface area contributed by atoms with Gasteiger partial charge in [0.05, 0.1) is 32.3 Å². The maximum absolute atomic E-state index is 16.1. The first kappa shape index (κ1) is 62.7. The molecule has 0 fully saturated rings. The van der Waals surface area contributed by atoms with Crippen LogP contribution in [0, 0.1) is 11.8 Å². The van der Waals surface area contributed by atoms with Crippen LogP contribution in [0.1, 0.15) is 241 Å². The molecule has 434 valence electrons. The fraction of sp³-hybridized carbons (Fsp3) is 0.571. The van der Waals surface area contributed by atoms with E-state index in [2.05, 4.69) is 124 Å². The Balaban J connectivity index is 1.29. The summed E-state index contributed by atoms with van der Waals surface area (Å²) >= 11 is 11.3. The zero-order valence-electron chi connectivity index (χ0n) is 50.3. The van der Waals surface area contributed by atoms with Crippen LogP contribution in [0.3, 0.4) is 0 Å². The molecule has 0 spiro atoms. The standard InChI is InChI=1S/C70H96N2O2S6/c1-9-17-23-27-33-51-41-43-75-65(51)55-37-39-57(77-55)67-53(35-29-25-19-11-3)45-59(79-67)63-61-62(70(74)71(63)47-49(15-7)31-21-13-5)64(72(69(61)73)48-50(16-8)32-22-14-6)60-46-54(36-30-26-20-12-4)68(80-60)58-40-38-56(78-58)66-52(42-44-76-66)34-28-24-18-10-2/h37-46,49-50H,9-36,47-48H2,1-8H3. The predicted molar refractivity (Wildman–Crippen MR) is 357 cm³/mol. The van der Waals surface area contributed by atoms with Crippen LogP contribution in [-0.2, 0) is 35.3 Å². The number of rotatable bonds is 38. The number of carbonyl (C=O) groups is 2. The maximum Gasteiger partial charge on any atom is 0.261 e. The van der Waals surface area contributed by atoms with Crippen LogP contribution in [0.25, 0.3) is 50.4 Å². The molecule has 2 aliphatic heterocycles. The summed E-state index contributed by atoms with van der Waals surface area (Å²) in [6, 6.07) is 19.0. The van der Waals surface area contributed by atoms with E-state index >= 15 is 9.59 Å². The third kappa shape index (κ3) is 15.3. The van der Waals surface area contributed by atoms with Gasteiger partial charge >= 0.3 is 0 Å². The Morgan fingerprint density at radius 2 is 0.700 bits per heavy atom. The van der Waals surface area contributed by atoms with Gasteiger partial charge in [-0.3, -0.25) is 9.59 Å². The van der Waals surface area contributed by atoms with Gasteiger partial charge in [0.1, 0.15) is 0 Å². The molecule has 2 unspecified atom stereocenters. The molecule has 6 aromatic heterocycles. The Morgan fingerprint density at radius 1 is 0.362 bits per heavy atom. The predicted octanol–water partition coefficient (Wildman–Crippen LogP) is 23.5. The molecule has 6 aromatic rings. The second kappa shape index (κ2) is 32.0. The number of hydrogen-bond donors (Lipinski definition) is 0. The Bertz CT molecular complexity index is 2750. The lowest BCUT2D eigenvalue weighted by Gasteiger charge is -2.29. The van der Waals surface area contributed by atoms with E-state index in [0.717, 1.165) is 111 Å². The zero-order chi connectivity index (χ0) is 56.4. The number of fused-ring (bicyclic) bond motifs is 1. The van der Waals surface area contributed by atoms with Crippen molar-refractivity contribution in [2.24, 2.45) is 11.8 Å². The molecular weight excluding hydrogens is 1090 g/mol. The number of unbranched alkanes of at least 4 members (excludes halogenated alkanes) is 14. The minimum absolute atomic E-state index is 0.0291. The van der Waals surface area contributed by atoms with Crippen LogP contribution < -0.4 is 0 Å². The van der Waals surface area contributed by atoms with E-state index in [1.165, 1.54) is 151 Å². The van der Waals surface area contributed by atoms with Crippen molar-refractivity contribution < 1.29 is 9.59 Å². The summed E-state index contributed by atoms with van der Waals surface area (Å²) in [6.45, 7) is 19.6. The Labute approximate surface area is 508 Å². The molecule has 8 rings (SSSR count). The third-order valence-corrected chi connectivity index (χ3v) is 24.2. The quantitative estimate of drug-likeness (QED) is 0.0363. The van der Waals surface area contributed by atoms with Crippen molar-refractivity contribution in [3.05, 3.63) is 102 Å². The average molecular weight is 1190 g/mol. The van der Waals surface area contributed by atoms with Crippen LogP contribution in [0.2, 0.25) is 0 Å². The van der Waals surface area contributed by atoms with Crippen molar-refractivity contribution in [3.8, 4) is 39.0 Å². The molecule has 0 saturated carbocycles. The van der Waals surface area contributed by atoms with Gasteiger partial charge in [0.25, 0.3) is 11.8 Å². The minimum atomic E-state index is 0.0291. The molecule has 0 aromatic carbocycles. The van der Waals surface area contributed by atoms with Crippen LogP contribution in [0.5, 0.6) is 0 Å². The molecule has 0 N–H and O–H groups in total. The minimum Gasteiger partial charge on any atom is -0.306 e. The van der Waals surface area contributed by atoms with Gasteiger partial charge in [0.2, 0.25) is 0 Å². The highest BCUT2D eigenvalue weighted by molar-refractivity contribution is 7.27. The van der Waals surface area contributed by atoms with Gasteiger partial charge < -0.3 is 9.80 Å². The normalized spacial score (nSPS) is 14.6. The SMILES string of the molecule is CCCCCCc1ccsc1-c1ccc(-c2sc(C3=C4C(=O)N(CC(CC)CCCC)C(c5cc(CCCCCC)c(-c6ccc(-c7sccc7CCCCCC)s6)s5)=C4C(=O)N3CC(CC)CCCC)cc2CCCCCC)s1. The first-order chi connectivity index (χ1) is 39.2. The molecule has 8 heterocycles. The van der Waals surface area contributed by atoms with Crippen LogP contribution in [0.15, 0.2) is 70.4 Å². The molecule has 0 saturated heterocycles. The van der Waals surface area contributed by atoms with Crippen molar-refractivity contribution in [1.82, 2.24) is 9.80 Å². The lowest BCUT2D eigenvalue weighted by Crippen LogP contribution is -2.34. The lowest BCUT2D eigenvalue weighted by molar-refractivity contribution is -0.124. The van der Waals surface area contributed by atoms with Crippen molar-refractivity contribution in [2.45, 2.75) is 235 Å². The number of carbonyl (C=O) groups excluding carboxylic acids is 2. The van der Waals surface area contributed by atoms with Gasteiger partial charge in [-0.1, -0.05) is 171 Å². The van der Waals surface area contributed by atoms with Gasteiger partial charge in [-0.15, -0.1) is 68.0 Å². The topological polar surface area (TPSA) is 40.6 Å². The lowest BCUT2D eigenvalue weighted by atomic mass is 9.98. The van der Waals surface area contributed by atoms with Gasteiger partial charge in [-0.25, -0.2) is 0 Å². The summed E-state index contributed by atoms with van der Waals surface area (Å²) in [5, 5.41) is 4.56. The number of hydrogen-bond acceptors (Lipinski definition) is 8. The Kier molecular flexibility index (Phi) is 25.1. The molecule has 4 nitrogen and oxygen atoms in total. The molecule has 2 aliphatic rings. The summed E-state index contributed by atoms with van der Waals surface area (Å²) in [5.74, 6) is 0.740. The summed E-state index contributed by atoms with van der Waals surface area (Å²) in [6.07, 6.45) is 32.6. The molecule has 0 radical (unpaired) electrons. The van der Waals surface area contributed by atoms with Crippen molar-refractivity contribution in [3.63, 3.8) is 0 Å². The molecular formula is C70H96N2O2S6. The van der Waals surface area contributed by atoms with Gasteiger partial charge in [-0.2, -0.15) is 0 Å². The third-order valence-electron chi connectivity index (χ3n) is 17.0. The molecule has 80 heavy (non-hydrogen) atoms. The first-order valence-electron chi connectivity index (χ1n) is 31.9. The molecule has 0 bridgehead atoms. The average Bonchev–Trinajstić information content (AvgIpc) is 4.49. The van der Waals surface area contributed by atoms with Crippen molar-refractivity contribution >= 4 is 91.2 Å². The summed E-state index contributed by atoms with van der Waals surface area (Å²) in [4.78, 5) is 49.4. The first-order valence-corrected chi connectivity index (χ1v) is 37.0. The van der Waals surface area contributed by atoms with Crippen LogP contribution in [-0.4, -0.2) is 34.7 Å². The van der Waals surface area contributed by atoms with E-state index in [0.29, 0.717) is 36.1 Å². The van der Waals surface area contributed by atoms with E-state index in [1.54, 1.807) is 0 Å². The van der Waals surface area contributed by atoms with Crippen molar-refractivity contribution in [2.75, 3.05) is 13.1 Å². The summed E-state index contributed by atoms with van der Waals surface area (Å²) in [5.41, 5.74) is 8.76. The van der Waals surface area contributed by atoms with E-state index < -0.39 is 0 Å². The number of amides is 2. The van der Waals surface area contributed by atoms with Crippen LogP contribution >= 0.6 is 68.0 Å². The summed E-state index contributed by atoms with van der Waals surface area (Å²) in [7, 11) is 0. The molecule has 2 amide bonds. The summed E-state index contributed by atoms with van der Waals surface area (Å²) < 4.78 is 0. The number of nitrogens with zero attached hydrogens (tertiary/aromatic N) is 2. The fourth-order valence-corrected chi connectivity index (χ4v) is 19.2. The maximum atomic E-state index is 16.1.